The SMILES string of the molecule is Brc1cc(-c2ccccc2)c2c3ccc(-c4ccccc4)c4cc(Br)c5c6ccc(-c7ccccc7)cc6c6ccc1c2c6c5c43. The van der Waals surface area contributed by atoms with Gasteiger partial charge in [0.05, 0.1) is 0 Å². The minimum Gasteiger partial charge on any atom is -0.0622 e. The summed E-state index contributed by atoms with van der Waals surface area (Å²) >= 11 is 8.16. The Labute approximate surface area is 282 Å². The van der Waals surface area contributed by atoms with Crippen LogP contribution in [0.1, 0.15) is 0 Å². The maximum absolute atomic E-state index is 4.13. The van der Waals surface area contributed by atoms with Gasteiger partial charge in [-0.25, -0.2) is 0 Å². The molecule has 0 fully saturated rings. The van der Waals surface area contributed by atoms with E-state index in [2.05, 4.69) is 177 Å². The van der Waals surface area contributed by atoms with Gasteiger partial charge in [-0.15, -0.1) is 0 Å². The van der Waals surface area contributed by atoms with Crippen molar-refractivity contribution in [1.29, 1.82) is 0 Å². The van der Waals surface area contributed by atoms with E-state index in [1.165, 1.54) is 98.0 Å². The van der Waals surface area contributed by atoms with E-state index >= 15 is 0 Å². The van der Waals surface area contributed by atoms with Crippen LogP contribution >= 0.6 is 31.9 Å². The molecular formula is C44H24Br2. The van der Waals surface area contributed by atoms with Crippen molar-refractivity contribution in [2.45, 2.75) is 0 Å². The van der Waals surface area contributed by atoms with Gasteiger partial charge in [0.25, 0.3) is 0 Å². The lowest BCUT2D eigenvalue weighted by Gasteiger charge is -2.24. The number of benzene rings is 10. The minimum atomic E-state index is 1.12. The molecule has 0 N–H and O–H groups in total. The lowest BCUT2D eigenvalue weighted by atomic mass is 9.80. The van der Waals surface area contributed by atoms with Gasteiger partial charge < -0.3 is 0 Å². The molecule has 0 bridgehead atoms. The molecule has 2 heteroatoms. The standard InChI is InChI=1S/C44H24Br2/c45-37-23-34(27-14-8-3-9-15-27)39-33-21-18-29(26-12-6-2-7-13-26)36-24-38(46)41-30-17-16-28(25-10-4-1-5-11-25)22-35(30)31-19-20-32(37)43(39)42(31)44(41)40(33)36/h1-24H. The van der Waals surface area contributed by atoms with Gasteiger partial charge in [-0.05, 0) is 105 Å². The van der Waals surface area contributed by atoms with E-state index in [0.717, 1.165) is 8.95 Å². The molecule has 0 unspecified atom stereocenters. The Kier molecular flexibility index (Phi) is 5.68. The summed E-state index contributed by atoms with van der Waals surface area (Å²) in [6, 6.07) is 53.4. The highest BCUT2D eigenvalue weighted by molar-refractivity contribution is 9.11. The molecule has 0 aliphatic carbocycles. The van der Waals surface area contributed by atoms with Gasteiger partial charge in [-0.3, -0.25) is 0 Å². The minimum absolute atomic E-state index is 1.12. The van der Waals surface area contributed by atoms with Gasteiger partial charge in [0, 0.05) is 19.7 Å². The van der Waals surface area contributed by atoms with E-state index in [9.17, 15) is 0 Å². The average molecular weight is 712 g/mol. The van der Waals surface area contributed by atoms with Crippen molar-refractivity contribution in [1.82, 2.24) is 0 Å². The van der Waals surface area contributed by atoms with Gasteiger partial charge in [0.15, 0.2) is 0 Å². The molecule has 0 radical (unpaired) electrons. The normalized spacial score (nSPS) is 12.1. The molecule has 0 atom stereocenters. The lowest BCUT2D eigenvalue weighted by Crippen LogP contribution is -1.96. The van der Waals surface area contributed by atoms with Crippen LogP contribution in [-0.2, 0) is 0 Å². The highest BCUT2D eigenvalue weighted by Crippen LogP contribution is 2.54. The van der Waals surface area contributed by atoms with Crippen molar-refractivity contribution in [3.8, 4) is 33.4 Å². The monoisotopic (exact) mass is 710 g/mol. The van der Waals surface area contributed by atoms with Crippen molar-refractivity contribution < 1.29 is 0 Å². The first-order valence-electron chi connectivity index (χ1n) is 15.6. The predicted octanol–water partition coefficient (Wildman–Crippen LogP) is 14.0. The summed E-state index contributed by atoms with van der Waals surface area (Å²) in [5.74, 6) is 0. The number of hydrogen-bond donors (Lipinski definition) is 0. The molecule has 10 aromatic rings. The van der Waals surface area contributed by atoms with Crippen LogP contribution in [0.4, 0.5) is 0 Å². The Hall–Kier alpha value is -4.76. The highest BCUT2D eigenvalue weighted by atomic mass is 79.9. The first kappa shape index (κ1) is 26.5. The van der Waals surface area contributed by atoms with Crippen LogP contribution in [0.3, 0.4) is 0 Å². The van der Waals surface area contributed by atoms with Crippen LogP contribution in [0, 0.1) is 0 Å². The topological polar surface area (TPSA) is 0 Å². The van der Waals surface area contributed by atoms with Crippen molar-refractivity contribution >= 4 is 96.5 Å². The molecule has 0 saturated carbocycles. The molecule has 0 spiro atoms. The van der Waals surface area contributed by atoms with E-state index in [1.807, 2.05) is 0 Å². The van der Waals surface area contributed by atoms with Crippen LogP contribution < -0.4 is 0 Å². The van der Waals surface area contributed by atoms with Crippen LogP contribution in [0.15, 0.2) is 155 Å². The number of hydrogen-bond acceptors (Lipinski definition) is 0. The van der Waals surface area contributed by atoms with Crippen LogP contribution in [0.5, 0.6) is 0 Å². The zero-order valence-corrected chi connectivity index (χ0v) is 27.8. The summed E-state index contributed by atoms with van der Waals surface area (Å²) in [6.45, 7) is 0. The summed E-state index contributed by atoms with van der Waals surface area (Å²) < 4.78 is 2.25. The smallest absolute Gasteiger partial charge is 0.0266 e. The van der Waals surface area contributed by atoms with Gasteiger partial charge >= 0.3 is 0 Å². The third kappa shape index (κ3) is 3.60. The molecule has 46 heavy (non-hydrogen) atoms. The van der Waals surface area contributed by atoms with E-state index < -0.39 is 0 Å². The molecule has 0 heterocycles. The van der Waals surface area contributed by atoms with Gasteiger partial charge in [0.2, 0.25) is 0 Å². The van der Waals surface area contributed by atoms with Crippen molar-refractivity contribution in [3.05, 3.63) is 155 Å². The van der Waals surface area contributed by atoms with Crippen molar-refractivity contribution in [2.24, 2.45) is 0 Å². The third-order valence-corrected chi connectivity index (χ3v) is 11.2. The summed E-state index contributed by atoms with van der Waals surface area (Å²) in [5, 5.41) is 15.6. The zero-order chi connectivity index (χ0) is 30.5. The first-order valence-corrected chi connectivity index (χ1v) is 17.2. The molecule has 0 aromatic heterocycles. The van der Waals surface area contributed by atoms with E-state index in [0.29, 0.717) is 0 Å². The molecule has 0 aliphatic rings. The number of fused-ring (bicyclic) bond motifs is 4. The summed E-state index contributed by atoms with van der Waals surface area (Å²) in [5.41, 5.74) is 7.42. The van der Waals surface area contributed by atoms with E-state index in [1.54, 1.807) is 0 Å². The number of halogens is 2. The fourth-order valence-corrected chi connectivity index (χ4v) is 9.15. The fourth-order valence-electron chi connectivity index (χ4n) is 7.95. The highest BCUT2D eigenvalue weighted by Gasteiger charge is 2.25. The van der Waals surface area contributed by atoms with Gasteiger partial charge in [0.1, 0.15) is 0 Å². The van der Waals surface area contributed by atoms with Crippen LogP contribution in [0.25, 0.3) is 98.0 Å². The molecule has 0 saturated heterocycles. The molecule has 214 valence electrons. The number of rotatable bonds is 3. The van der Waals surface area contributed by atoms with Crippen molar-refractivity contribution in [2.75, 3.05) is 0 Å². The van der Waals surface area contributed by atoms with Crippen LogP contribution in [0.2, 0.25) is 0 Å². The summed E-state index contributed by atoms with van der Waals surface area (Å²) in [6.07, 6.45) is 0. The second-order valence-electron chi connectivity index (χ2n) is 12.2. The van der Waals surface area contributed by atoms with E-state index in [4.69, 9.17) is 0 Å². The second-order valence-corrected chi connectivity index (χ2v) is 14.0. The maximum atomic E-state index is 4.13. The quantitative estimate of drug-likeness (QED) is 0.126. The Bertz CT molecular complexity index is 2780. The van der Waals surface area contributed by atoms with Crippen molar-refractivity contribution in [3.63, 3.8) is 0 Å². The van der Waals surface area contributed by atoms with Gasteiger partial charge in [-0.1, -0.05) is 159 Å². The molecule has 0 nitrogen and oxygen atoms in total. The maximum Gasteiger partial charge on any atom is 0.0266 e. The molecule has 10 rings (SSSR count). The predicted molar refractivity (Wildman–Crippen MR) is 206 cm³/mol. The molecular weight excluding hydrogens is 688 g/mol. The fraction of sp³-hybridized carbons (Fsp3) is 0. The molecule has 10 aromatic carbocycles. The molecule has 0 aliphatic heterocycles. The second kappa shape index (κ2) is 9.87. The first-order chi connectivity index (χ1) is 22.7. The zero-order valence-electron chi connectivity index (χ0n) is 24.6. The Morgan fingerprint density at radius 2 is 0.826 bits per heavy atom. The lowest BCUT2D eigenvalue weighted by molar-refractivity contribution is 1.65. The molecule has 0 amide bonds. The average Bonchev–Trinajstić information content (AvgIpc) is 3.11. The van der Waals surface area contributed by atoms with Gasteiger partial charge in [-0.2, -0.15) is 0 Å². The van der Waals surface area contributed by atoms with E-state index in [-0.39, 0.29) is 0 Å². The van der Waals surface area contributed by atoms with Crippen LogP contribution in [-0.4, -0.2) is 0 Å². The Morgan fingerprint density at radius 1 is 0.261 bits per heavy atom. The Morgan fingerprint density at radius 3 is 1.54 bits per heavy atom. The Balaban J connectivity index is 1.50. The largest absolute Gasteiger partial charge is 0.0622 e. The summed E-state index contributed by atoms with van der Waals surface area (Å²) in [4.78, 5) is 0. The summed E-state index contributed by atoms with van der Waals surface area (Å²) in [7, 11) is 0. The third-order valence-electron chi connectivity index (χ3n) is 9.88.